The van der Waals surface area contributed by atoms with Crippen LogP contribution < -0.4 is 5.73 Å². The molecule has 0 radical (unpaired) electrons. The molecule has 0 spiro atoms. The number of aromatic hydroxyl groups is 1. The van der Waals surface area contributed by atoms with Gasteiger partial charge in [0.05, 0.1) is 46.8 Å². The number of phenolic OH excluding ortho intramolecular Hbond substituents is 1. The van der Waals surface area contributed by atoms with Crippen molar-refractivity contribution in [3.05, 3.63) is 116 Å². The van der Waals surface area contributed by atoms with E-state index in [9.17, 15) is 48.9 Å². The predicted octanol–water partition coefficient (Wildman–Crippen LogP) is 2.90. The second-order valence-corrected chi connectivity index (χ2v) is 13.1. The molecule has 5 amide bonds. The average molecular weight is 674 g/mol. The molecule has 3 aromatic carbocycles. The van der Waals surface area contributed by atoms with Gasteiger partial charge >= 0.3 is 0 Å². The Morgan fingerprint density at radius 3 is 1.74 bits per heavy atom. The van der Waals surface area contributed by atoms with Crippen molar-refractivity contribution >= 4 is 46.9 Å². The summed E-state index contributed by atoms with van der Waals surface area (Å²) in [6.07, 6.45) is -0.0615. The summed E-state index contributed by atoms with van der Waals surface area (Å²) >= 11 is 0. The highest BCUT2D eigenvalue weighted by atomic mass is 16.3. The molecule has 50 heavy (non-hydrogen) atoms. The first-order valence-corrected chi connectivity index (χ1v) is 15.9. The van der Waals surface area contributed by atoms with E-state index in [1.165, 1.54) is 30.3 Å². The first-order chi connectivity index (χ1) is 23.9. The number of rotatable bonds is 5. The van der Waals surface area contributed by atoms with Crippen molar-refractivity contribution < 1.29 is 48.9 Å². The van der Waals surface area contributed by atoms with Crippen molar-refractivity contribution in [2.45, 2.75) is 32.4 Å². The summed E-state index contributed by atoms with van der Waals surface area (Å²) in [5.74, 6) is -9.62. The zero-order valence-corrected chi connectivity index (χ0v) is 26.1. The molecule has 1 unspecified atom stereocenters. The van der Waals surface area contributed by atoms with Gasteiger partial charge in [0.25, 0.3) is 29.5 Å². The van der Waals surface area contributed by atoms with Crippen LogP contribution in [-0.2, 0) is 33.9 Å². The van der Waals surface area contributed by atoms with Crippen LogP contribution in [-0.4, -0.2) is 66.2 Å². The van der Waals surface area contributed by atoms with Crippen LogP contribution in [0.1, 0.15) is 76.5 Å². The highest BCUT2D eigenvalue weighted by molar-refractivity contribution is 6.23. The molecule has 13 nitrogen and oxygen atoms in total. The van der Waals surface area contributed by atoms with E-state index in [-0.39, 0.29) is 64.8 Å². The Labute approximate surface area is 282 Å². The number of ketones is 2. The number of amides is 5. The number of aliphatic hydroxyl groups is 2. The van der Waals surface area contributed by atoms with Gasteiger partial charge in [-0.15, -0.1) is 0 Å². The monoisotopic (exact) mass is 673 g/mol. The van der Waals surface area contributed by atoms with Crippen molar-refractivity contribution in [2.75, 3.05) is 0 Å². The van der Waals surface area contributed by atoms with Gasteiger partial charge in [-0.05, 0) is 66.1 Å². The standard InChI is InChI=1S/C37H27N3O10/c38-33(46)28-24(41)12-16-9-15-11-23-17(13-39-34(47)19-5-1-2-6-20(19)35(39)48)10-18(14-40-36(49)21-7-3-4-8-22(21)37(40)50)29(42)27(23)31(44)25(15)30(43)26(16)32(28)45/h1-8,10,15-16,26,42,44-45H,9,11-14H2,(H2,38,46)/t15-,16+,26?/m1/s1. The van der Waals surface area contributed by atoms with Gasteiger partial charge < -0.3 is 21.1 Å². The molecule has 8 rings (SSSR count). The third-order valence-electron chi connectivity index (χ3n) is 10.5. The van der Waals surface area contributed by atoms with E-state index in [2.05, 4.69) is 0 Å². The minimum absolute atomic E-state index is 0.00128. The fourth-order valence-corrected chi connectivity index (χ4v) is 8.22. The number of nitrogens with two attached hydrogens (primary N) is 1. The lowest BCUT2D eigenvalue weighted by molar-refractivity contribution is -0.127. The number of phenols is 1. The van der Waals surface area contributed by atoms with Gasteiger partial charge in [-0.2, -0.15) is 0 Å². The fraction of sp³-hybridized carbons (Fsp3) is 0.216. The fourth-order valence-electron chi connectivity index (χ4n) is 8.22. The van der Waals surface area contributed by atoms with Gasteiger partial charge in [-0.1, -0.05) is 24.3 Å². The third kappa shape index (κ3) is 4.22. The Bertz CT molecular complexity index is 2200. The van der Waals surface area contributed by atoms with Crippen LogP contribution in [0.15, 0.2) is 71.5 Å². The number of benzene rings is 3. The predicted molar refractivity (Wildman–Crippen MR) is 171 cm³/mol. The lowest BCUT2D eigenvalue weighted by Crippen LogP contribution is -2.44. The first kappa shape index (κ1) is 30.9. The number of carbonyl (C=O) groups excluding carboxylic acids is 7. The number of nitrogens with zero attached hydrogens (tertiary/aromatic N) is 2. The van der Waals surface area contributed by atoms with E-state index in [1.807, 2.05) is 0 Å². The minimum Gasteiger partial charge on any atom is -0.511 e. The smallest absolute Gasteiger partial charge is 0.261 e. The molecule has 1 saturated carbocycles. The van der Waals surface area contributed by atoms with Crippen molar-refractivity contribution in [3.8, 4) is 5.75 Å². The second kappa shape index (κ2) is 10.8. The molecule has 0 aromatic heterocycles. The lowest BCUT2D eigenvalue weighted by atomic mass is 9.61. The SMILES string of the molecule is NC(=O)C1=C(O)C2C(=O)C3=C(O)c4c(O)c(CN5C(=O)c6ccccc6C5=O)cc(CN5C(=O)c6ccccc6C5=O)c4C[C@H]3C[C@H]2CC1=O. The molecule has 2 aliphatic heterocycles. The second-order valence-electron chi connectivity index (χ2n) is 13.1. The molecule has 1 fully saturated rings. The number of carbonyl (C=O) groups is 7. The number of Topliss-reactive ketones (excluding diaryl/α,β-unsaturated/α-hetero) is 2. The number of aliphatic hydroxyl groups excluding tert-OH is 2. The van der Waals surface area contributed by atoms with E-state index in [0.29, 0.717) is 11.1 Å². The Morgan fingerprint density at radius 2 is 1.24 bits per heavy atom. The topological polar surface area (TPSA) is 213 Å². The van der Waals surface area contributed by atoms with Crippen molar-refractivity contribution in [1.29, 1.82) is 0 Å². The van der Waals surface area contributed by atoms with Gasteiger partial charge in [0, 0.05) is 17.6 Å². The Hall–Kier alpha value is -6.37. The highest BCUT2D eigenvalue weighted by Crippen LogP contribution is 2.51. The normalized spacial score (nSPS) is 22.5. The molecular formula is C37H27N3O10. The number of fused-ring (bicyclic) bond motifs is 5. The molecule has 5 aliphatic rings. The van der Waals surface area contributed by atoms with Crippen LogP contribution in [0.3, 0.4) is 0 Å². The molecule has 3 aromatic rings. The summed E-state index contributed by atoms with van der Waals surface area (Å²) in [7, 11) is 0. The van der Waals surface area contributed by atoms with Crippen molar-refractivity contribution in [3.63, 3.8) is 0 Å². The number of hydrogen-bond donors (Lipinski definition) is 4. The maximum Gasteiger partial charge on any atom is 0.261 e. The lowest BCUT2D eigenvalue weighted by Gasteiger charge is -2.41. The summed E-state index contributed by atoms with van der Waals surface area (Å²) in [6, 6.07) is 14.0. The molecule has 3 atom stereocenters. The summed E-state index contributed by atoms with van der Waals surface area (Å²) in [4.78, 5) is 94.1. The zero-order valence-electron chi connectivity index (χ0n) is 26.1. The van der Waals surface area contributed by atoms with Crippen LogP contribution in [0.5, 0.6) is 5.75 Å². The van der Waals surface area contributed by atoms with Crippen molar-refractivity contribution in [1.82, 2.24) is 9.80 Å². The molecule has 0 bridgehead atoms. The van der Waals surface area contributed by atoms with Crippen LogP contribution in [0.2, 0.25) is 0 Å². The van der Waals surface area contributed by atoms with Crippen LogP contribution >= 0.6 is 0 Å². The van der Waals surface area contributed by atoms with Gasteiger partial charge in [0.2, 0.25) is 0 Å². The van der Waals surface area contributed by atoms with Crippen molar-refractivity contribution in [2.24, 2.45) is 23.5 Å². The van der Waals surface area contributed by atoms with Gasteiger partial charge in [-0.25, -0.2) is 0 Å². The molecule has 3 aliphatic carbocycles. The average Bonchev–Trinajstić information content (AvgIpc) is 3.46. The van der Waals surface area contributed by atoms with E-state index in [1.54, 1.807) is 24.3 Å². The Kier molecular flexibility index (Phi) is 6.69. The van der Waals surface area contributed by atoms with E-state index < -0.39 is 88.2 Å². The molecule has 5 N–H and O–H groups in total. The molecule has 13 heteroatoms. The van der Waals surface area contributed by atoms with Gasteiger partial charge in [0.1, 0.15) is 22.8 Å². The molecule has 2 heterocycles. The van der Waals surface area contributed by atoms with E-state index >= 15 is 0 Å². The highest BCUT2D eigenvalue weighted by Gasteiger charge is 2.51. The molecule has 0 saturated heterocycles. The Balaban J connectivity index is 1.26. The maximum atomic E-state index is 14.0. The number of imide groups is 2. The zero-order chi connectivity index (χ0) is 35.3. The number of hydrogen-bond acceptors (Lipinski definition) is 10. The summed E-state index contributed by atoms with van der Waals surface area (Å²) in [5.41, 5.74) is 5.74. The maximum absolute atomic E-state index is 14.0. The van der Waals surface area contributed by atoms with E-state index in [4.69, 9.17) is 5.73 Å². The molecular weight excluding hydrogens is 646 g/mol. The third-order valence-corrected chi connectivity index (χ3v) is 10.5. The number of allylic oxidation sites excluding steroid dienone is 2. The quantitative estimate of drug-likeness (QED) is 0.230. The summed E-state index contributed by atoms with van der Waals surface area (Å²) in [6.45, 7) is -0.748. The van der Waals surface area contributed by atoms with E-state index in [0.717, 1.165) is 9.80 Å². The van der Waals surface area contributed by atoms with Crippen LogP contribution in [0, 0.1) is 17.8 Å². The summed E-state index contributed by atoms with van der Waals surface area (Å²) < 4.78 is 0. The van der Waals surface area contributed by atoms with Gasteiger partial charge in [0.15, 0.2) is 11.6 Å². The first-order valence-electron chi connectivity index (χ1n) is 15.9. The summed E-state index contributed by atoms with van der Waals surface area (Å²) in [5, 5.41) is 34.5. The largest absolute Gasteiger partial charge is 0.511 e. The van der Waals surface area contributed by atoms with Crippen LogP contribution in [0.4, 0.5) is 0 Å². The Morgan fingerprint density at radius 1 is 0.740 bits per heavy atom. The van der Waals surface area contributed by atoms with Gasteiger partial charge in [-0.3, -0.25) is 43.4 Å². The van der Waals surface area contributed by atoms with Crippen LogP contribution in [0.25, 0.3) is 5.76 Å². The molecule has 250 valence electrons. The minimum atomic E-state index is -1.33. The number of primary amides is 1.